The molecule has 4 nitrogen and oxygen atoms in total. The molecule has 1 fully saturated rings. The lowest BCUT2D eigenvalue weighted by molar-refractivity contribution is 0.00889. The highest BCUT2D eigenvalue weighted by Gasteiger charge is 2.32. The molecule has 112 valence electrons. The van der Waals surface area contributed by atoms with Gasteiger partial charge < -0.3 is 15.4 Å². The minimum Gasteiger partial charge on any atom is -0.444 e. The molecule has 2 N–H and O–H groups in total. The highest BCUT2D eigenvalue weighted by atomic mass is 16.6. The van der Waals surface area contributed by atoms with E-state index in [0.29, 0.717) is 11.8 Å². The van der Waals surface area contributed by atoms with Crippen molar-refractivity contribution in [3.05, 3.63) is 0 Å². The fraction of sp³-hybridized carbons (Fsp3) is 0.933. The van der Waals surface area contributed by atoms with Crippen LogP contribution in [0.2, 0.25) is 0 Å². The molecule has 0 bridgehead atoms. The van der Waals surface area contributed by atoms with Gasteiger partial charge in [0.05, 0.1) is 0 Å². The Morgan fingerprint density at radius 1 is 1.32 bits per heavy atom. The van der Waals surface area contributed by atoms with E-state index >= 15 is 0 Å². The molecule has 2 unspecified atom stereocenters. The molecule has 2 atom stereocenters. The van der Waals surface area contributed by atoms with Crippen molar-refractivity contribution in [1.82, 2.24) is 4.90 Å². The third-order valence-corrected chi connectivity index (χ3v) is 3.74. The van der Waals surface area contributed by atoms with Gasteiger partial charge in [0.2, 0.25) is 0 Å². The topological polar surface area (TPSA) is 55.6 Å². The van der Waals surface area contributed by atoms with Gasteiger partial charge in [-0.1, -0.05) is 13.3 Å². The zero-order valence-corrected chi connectivity index (χ0v) is 12.9. The van der Waals surface area contributed by atoms with Crippen molar-refractivity contribution in [2.45, 2.75) is 59.0 Å². The van der Waals surface area contributed by atoms with Crippen LogP contribution in [0, 0.1) is 11.8 Å². The molecule has 1 aliphatic heterocycles. The van der Waals surface area contributed by atoms with E-state index in [-0.39, 0.29) is 6.09 Å². The molecule has 0 radical (unpaired) electrons. The second kappa shape index (κ2) is 7.13. The zero-order valence-electron chi connectivity index (χ0n) is 12.9. The van der Waals surface area contributed by atoms with Gasteiger partial charge in [-0.15, -0.1) is 0 Å². The van der Waals surface area contributed by atoms with Gasteiger partial charge in [-0.3, -0.25) is 0 Å². The van der Waals surface area contributed by atoms with Crippen LogP contribution < -0.4 is 5.73 Å². The van der Waals surface area contributed by atoms with Crippen molar-refractivity contribution in [3.8, 4) is 0 Å². The number of ether oxygens (including phenoxy) is 1. The molecule has 1 heterocycles. The Bertz CT molecular complexity index is 286. The van der Waals surface area contributed by atoms with Crippen molar-refractivity contribution in [1.29, 1.82) is 0 Å². The highest BCUT2D eigenvalue weighted by Crippen LogP contribution is 2.30. The van der Waals surface area contributed by atoms with E-state index in [1.165, 1.54) is 6.42 Å². The van der Waals surface area contributed by atoms with Gasteiger partial charge in [0, 0.05) is 13.1 Å². The summed E-state index contributed by atoms with van der Waals surface area (Å²) in [7, 11) is 0. The number of carbonyl (C=O) groups excluding carboxylic acids is 1. The number of rotatable bonds is 4. The first-order chi connectivity index (χ1) is 8.87. The van der Waals surface area contributed by atoms with Crippen LogP contribution in [0.5, 0.6) is 0 Å². The first-order valence-corrected chi connectivity index (χ1v) is 7.55. The number of nitrogens with two attached hydrogens (primary N) is 1. The summed E-state index contributed by atoms with van der Waals surface area (Å²) in [5, 5.41) is 0. The number of amides is 1. The average molecular weight is 270 g/mol. The number of likely N-dealkylation sites (tertiary alicyclic amines) is 1. The molecule has 1 rings (SSSR count). The minimum absolute atomic E-state index is 0.167. The van der Waals surface area contributed by atoms with E-state index in [2.05, 4.69) is 6.92 Å². The van der Waals surface area contributed by atoms with Gasteiger partial charge in [0.1, 0.15) is 5.60 Å². The molecule has 0 saturated carbocycles. The van der Waals surface area contributed by atoms with Crippen LogP contribution in [0.25, 0.3) is 0 Å². The van der Waals surface area contributed by atoms with Crippen molar-refractivity contribution < 1.29 is 9.53 Å². The van der Waals surface area contributed by atoms with Crippen molar-refractivity contribution in [2.75, 3.05) is 19.6 Å². The molecule has 0 aromatic carbocycles. The number of piperidine rings is 1. The Labute approximate surface area is 117 Å². The SMILES string of the molecule is CCCC1CN(C(=O)OC(C)(C)C)CCC1CCN. The Balaban J connectivity index is 2.57. The van der Waals surface area contributed by atoms with Crippen molar-refractivity contribution >= 4 is 6.09 Å². The van der Waals surface area contributed by atoms with E-state index < -0.39 is 5.60 Å². The smallest absolute Gasteiger partial charge is 0.410 e. The predicted octanol–water partition coefficient (Wildman–Crippen LogP) is 3.01. The van der Waals surface area contributed by atoms with E-state index in [4.69, 9.17) is 10.5 Å². The second-order valence-electron chi connectivity index (χ2n) is 6.60. The molecule has 0 aromatic rings. The normalized spacial score (nSPS) is 24.4. The van der Waals surface area contributed by atoms with Crippen molar-refractivity contribution in [3.63, 3.8) is 0 Å². The summed E-state index contributed by atoms with van der Waals surface area (Å²) < 4.78 is 5.46. The van der Waals surface area contributed by atoms with E-state index in [9.17, 15) is 4.79 Å². The highest BCUT2D eigenvalue weighted by molar-refractivity contribution is 5.68. The second-order valence-corrected chi connectivity index (χ2v) is 6.60. The number of hydrogen-bond acceptors (Lipinski definition) is 3. The molecule has 19 heavy (non-hydrogen) atoms. The standard InChI is InChI=1S/C15H30N2O2/c1-5-6-13-11-17(10-8-12(13)7-9-16)14(18)19-15(2,3)4/h12-13H,5-11,16H2,1-4H3. The summed E-state index contributed by atoms with van der Waals surface area (Å²) in [4.78, 5) is 14.0. The third kappa shape index (κ3) is 5.39. The average Bonchev–Trinajstić information content (AvgIpc) is 2.29. The van der Waals surface area contributed by atoms with Crippen LogP contribution >= 0.6 is 0 Å². The van der Waals surface area contributed by atoms with Crippen LogP contribution in [-0.2, 0) is 4.74 Å². The summed E-state index contributed by atoms with van der Waals surface area (Å²) in [5.41, 5.74) is 5.28. The van der Waals surface area contributed by atoms with Crippen LogP contribution in [-0.4, -0.2) is 36.2 Å². The van der Waals surface area contributed by atoms with Gasteiger partial charge >= 0.3 is 6.09 Å². The van der Waals surface area contributed by atoms with Crippen molar-refractivity contribution in [2.24, 2.45) is 17.6 Å². The lowest BCUT2D eigenvalue weighted by Gasteiger charge is -2.39. The van der Waals surface area contributed by atoms with E-state index in [1.54, 1.807) is 0 Å². The fourth-order valence-corrected chi connectivity index (χ4v) is 2.86. The molecular formula is C15H30N2O2. The Morgan fingerprint density at radius 3 is 2.53 bits per heavy atom. The monoisotopic (exact) mass is 270 g/mol. The molecule has 1 saturated heterocycles. The summed E-state index contributed by atoms with van der Waals surface area (Å²) >= 11 is 0. The molecule has 1 aliphatic rings. The summed E-state index contributed by atoms with van der Waals surface area (Å²) in [6.07, 6.45) is 4.30. The molecule has 0 aliphatic carbocycles. The zero-order chi connectivity index (χ0) is 14.5. The maximum absolute atomic E-state index is 12.1. The third-order valence-electron chi connectivity index (χ3n) is 3.74. The van der Waals surface area contributed by atoms with Crippen LogP contribution in [0.15, 0.2) is 0 Å². The Morgan fingerprint density at radius 2 is 2.00 bits per heavy atom. The summed E-state index contributed by atoms with van der Waals surface area (Å²) in [6.45, 7) is 10.3. The fourth-order valence-electron chi connectivity index (χ4n) is 2.86. The van der Waals surface area contributed by atoms with Gasteiger partial charge in [-0.2, -0.15) is 0 Å². The van der Waals surface area contributed by atoms with Crippen LogP contribution in [0.1, 0.15) is 53.4 Å². The molecule has 1 amide bonds. The number of nitrogens with zero attached hydrogens (tertiary/aromatic N) is 1. The minimum atomic E-state index is -0.411. The lowest BCUT2D eigenvalue weighted by Crippen LogP contribution is -2.46. The van der Waals surface area contributed by atoms with Gasteiger partial charge in [0.15, 0.2) is 0 Å². The largest absolute Gasteiger partial charge is 0.444 e. The first kappa shape index (κ1) is 16.3. The quantitative estimate of drug-likeness (QED) is 0.854. The first-order valence-electron chi connectivity index (χ1n) is 7.55. The molecule has 0 spiro atoms. The number of hydrogen-bond donors (Lipinski definition) is 1. The Kier molecular flexibility index (Phi) is 6.11. The maximum Gasteiger partial charge on any atom is 0.410 e. The predicted molar refractivity (Wildman–Crippen MR) is 78.0 cm³/mol. The molecule has 4 heteroatoms. The summed E-state index contributed by atoms with van der Waals surface area (Å²) in [6, 6.07) is 0. The molecule has 0 aromatic heterocycles. The lowest BCUT2D eigenvalue weighted by atomic mass is 9.81. The van der Waals surface area contributed by atoms with Gasteiger partial charge in [-0.25, -0.2) is 4.79 Å². The van der Waals surface area contributed by atoms with Crippen LogP contribution in [0.4, 0.5) is 4.79 Å². The van der Waals surface area contributed by atoms with E-state index in [0.717, 1.165) is 38.9 Å². The number of carbonyl (C=O) groups is 1. The van der Waals surface area contributed by atoms with Gasteiger partial charge in [0.25, 0.3) is 0 Å². The Hall–Kier alpha value is -0.770. The van der Waals surface area contributed by atoms with E-state index in [1.807, 2.05) is 25.7 Å². The van der Waals surface area contributed by atoms with Crippen LogP contribution in [0.3, 0.4) is 0 Å². The molecular weight excluding hydrogens is 240 g/mol. The summed E-state index contributed by atoms with van der Waals surface area (Å²) in [5.74, 6) is 1.25. The van der Waals surface area contributed by atoms with Gasteiger partial charge in [-0.05, 0) is 58.4 Å². The maximum atomic E-state index is 12.1.